The molecule has 0 aliphatic heterocycles. The molecule has 1 heterocycles. The van der Waals surface area contributed by atoms with E-state index < -0.39 is 14.9 Å². The molecule has 1 aromatic heterocycles. The highest BCUT2D eigenvalue weighted by molar-refractivity contribution is 7.89. The summed E-state index contributed by atoms with van der Waals surface area (Å²) in [6.45, 7) is 2.14. The maximum absolute atomic E-state index is 12.2. The van der Waals surface area contributed by atoms with Crippen LogP contribution in [-0.2, 0) is 16.6 Å². The fraction of sp³-hybridized carbons (Fsp3) is 0.105. The Balaban J connectivity index is 1.61. The second-order valence-corrected chi connectivity index (χ2v) is 7.63. The predicted octanol–water partition coefficient (Wildman–Crippen LogP) is 3.39. The van der Waals surface area contributed by atoms with Gasteiger partial charge >= 0.3 is 0 Å². The molecule has 0 saturated carbocycles. The van der Waals surface area contributed by atoms with Crippen LogP contribution in [0.1, 0.15) is 17.1 Å². The lowest BCUT2D eigenvalue weighted by atomic mass is 10.2. The molecular formula is C19H17N3O6S. The van der Waals surface area contributed by atoms with Crippen LogP contribution < -0.4 is 9.57 Å². The number of rotatable bonds is 8. The molecule has 2 aromatic carbocycles. The third-order valence-electron chi connectivity index (χ3n) is 3.85. The third-order valence-corrected chi connectivity index (χ3v) is 5.07. The summed E-state index contributed by atoms with van der Waals surface area (Å²) in [5.74, 6) is 1.59. The molecule has 0 fully saturated rings. The number of sulfonamides is 1. The van der Waals surface area contributed by atoms with Crippen molar-refractivity contribution in [3.63, 3.8) is 0 Å². The van der Waals surface area contributed by atoms with Gasteiger partial charge in [0.15, 0.2) is 0 Å². The first-order valence-electron chi connectivity index (χ1n) is 8.41. The van der Waals surface area contributed by atoms with Crippen molar-refractivity contribution < 1.29 is 22.5 Å². The standard InChI is InChI=1S/C19H17N3O6S/c1-14-5-2-3-8-19(14)27-13-17-10-9-16(28-17)12-20-21-29(25,26)18-7-4-6-15(11-18)22(23)24/h2-12,21H,13H2,1H3/b20-12-. The molecule has 10 heteroatoms. The molecule has 3 rings (SSSR count). The van der Waals surface area contributed by atoms with Gasteiger partial charge in [-0.1, -0.05) is 24.3 Å². The SMILES string of the molecule is Cc1ccccc1OCc1ccc(/C=N\NS(=O)(=O)c2cccc([N+](=O)[O-])c2)o1. The quantitative estimate of drug-likeness (QED) is 0.342. The number of aryl methyl sites for hydroxylation is 1. The summed E-state index contributed by atoms with van der Waals surface area (Å²) >= 11 is 0. The van der Waals surface area contributed by atoms with E-state index in [-0.39, 0.29) is 17.2 Å². The molecule has 3 aromatic rings. The molecule has 0 atom stereocenters. The molecule has 9 nitrogen and oxygen atoms in total. The number of nitro groups is 1. The van der Waals surface area contributed by atoms with Gasteiger partial charge in [-0.3, -0.25) is 10.1 Å². The Hall–Kier alpha value is -3.66. The Morgan fingerprint density at radius 1 is 1.17 bits per heavy atom. The van der Waals surface area contributed by atoms with Crippen LogP contribution in [0.15, 0.2) is 75.1 Å². The lowest BCUT2D eigenvalue weighted by Gasteiger charge is -2.06. The van der Waals surface area contributed by atoms with Gasteiger partial charge in [0.1, 0.15) is 23.9 Å². The molecule has 1 N–H and O–H groups in total. The van der Waals surface area contributed by atoms with Crippen LogP contribution in [-0.4, -0.2) is 19.6 Å². The topological polar surface area (TPSA) is 124 Å². The average Bonchev–Trinajstić information content (AvgIpc) is 3.15. The summed E-state index contributed by atoms with van der Waals surface area (Å²) in [6.07, 6.45) is 1.19. The van der Waals surface area contributed by atoms with Gasteiger partial charge in [0.05, 0.1) is 16.0 Å². The number of furan rings is 1. The predicted molar refractivity (Wildman–Crippen MR) is 105 cm³/mol. The number of hydrogen-bond acceptors (Lipinski definition) is 7. The molecule has 150 valence electrons. The van der Waals surface area contributed by atoms with Gasteiger partial charge in [-0.25, -0.2) is 0 Å². The highest BCUT2D eigenvalue weighted by atomic mass is 32.2. The van der Waals surface area contributed by atoms with Gasteiger partial charge in [-0.05, 0) is 36.8 Å². The number of nitrogens with zero attached hydrogens (tertiary/aromatic N) is 2. The number of para-hydroxylation sites is 1. The molecule has 0 bridgehead atoms. The number of non-ortho nitro benzene ring substituents is 1. The van der Waals surface area contributed by atoms with Gasteiger partial charge in [-0.15, -0.1) is 0 Å². The molecule has 0 radical (unpaired) electrons. The lowest BCUT2D eigenvalue weighted by molar-refractivity contribution is -0.385. The van der Waals surface area contributed by atoms with Crippen molar-refractivity contribution in [1.29, 1.82) is 0 Å². The summed E-state index contributed by atoms with van der Waals surface area (Å²) in [5.41, 5.74) is 0.664. The van der Waals surface area contributed by atoms with E-state index in [9.17, 15) is 18.5 Å². The van der Waals surface area contributed by atoms with E-state index in [0.717, 1.165) is 17.4 Å². The molecule has 0 aliphatic carbocycles. The number of nitrogens with one attached hydrogen (secondary N) is 1. The van der Waals surface area contributed by atoms with Crippen LogP contribution in [0.2, 0.25) is 0 Å². The molecule has 0 saturated heterocycles. The first-order valence-corrected chi connectivity index (χ1v) is 9.90. The zero-order valence-electron chi connectivity index (χ0n) is 15.3. The number of ether oxygens (including phenoxy) is 1. The second-order valence-electron chi connectivity index (χ2n) is 5.97. The summed E-state index contributed by atoms with van der Waals surface area (Å²) in [5, 5.41) is 14.4. The summed E-state index contributed by atoms with van der Waals surface area (Å²) < 4.78 is 35.6. The van der Waals surface area contributed by atoms with Crippen LogP contribution in [0.4, 0.5) is 5.69 Å². The minimum Gasteiger partial charge on any atom is -0.485 e. The maximum atomic E-state index is 12.2. The molecule has 29 heavy (non-hydrogen) atoms. The zero-order valence-corrected chi connectivity index (χ0v) is 16.1. The minimum absolute atomic E-state index is 0.206. The molecular weight excluding hydrogens is 398 g/mol. The Bertz CT molecular complexity index is 1150. The summed E-state index contributed by atoms with van der Waals surface area (Å²) in [4.78, 5) is 11.8. The van der Waals surface area contributed by atoms with Crippen LogP contribution in [0.3, 0.4) is 0 Å². The smallest absolute Gasteiger partial charge is 0.276 e. The van der Waals surface area contributed by atoms with E-state index in [1.165, 1.54) is 24.4 Å². The van der Waals surface area contributed by atoms with Crippen molar-refractivity contribution >= 4 is 21.9 Å². The van der Waals surface area contributed by atoms with Gasteiger partial charge in [0.25, 0.3) is 15.7 Å². The van der Waals surface area contributed by atoms with Crippen molar-refractivity contribution in [1.82, 2.24) is 4.83 Å². The van der Waals surface area contributed by atoms with Crippen molar-refractivity contribution in [2.24, 2.45) is 5.10 Å². The van der Waals surface area contributed by atoms with Crippen LogP contribution in [0.5, 0.6) is 5.75 Å². The van der Waals surface area contributed by atoms with E-state index in [0.29, 0.717) is 11.5 Å². The first kappa shape index (κ1) is 20.1. The van der Waals surface area contributed by atoms with Gasteiger partial charge in [0.2, 0.25) is 0 Å². The summed E-state index contributed by atoms with van der Waals surface area (Å²) in [6, 6.07) is 15.5. The first-order chi connectivity index (χ1) is 13.8. The number of nitro benzene ring substituents is 1. The van der Waals surface area contributed by atoms with E-state index in [1.54, 1.807) is 12.1 Å². The Labute approximate surface area is 166 Å². The average molecular weight is 415 g/mol. The highest BCUT2D eigenvalue weighted by Crippen LogP contribution is 2.19. The van der Waals surface area contributed by atoms with Crippen LogP contribution in [0.25, 0.3) is 0 Å². The molecule has 0 amide bonds. The number of hydrazone groups is 1. The monoisotopic (exact) mass is 415 g/mol. The second kappa shape index (κ2) is 8.57. The largest absolute Gasteiger partial charge is 0.485 e. The number of benzene rings is 2. The van der Waals surface area contributed by atoms with E-state index in [4.69, 9.17) is 9.15 Å². The Morgan fingerprint density at radius 3 is 2.72 bits per heavy atom. The van der Waals surface area contributed by atoms with Crippen LogP contribution >= 0.6 is 0 Å². The zero-order chi connectivity index (χ0) is 20.9. The van der Waals surface area contributed by atoms with Crippen molar-refractivity contribution in [2.75, 3.05) is 0 Å². The summed E-state index contributed by atoms with van der Waals surface area (Å²) in [7, 11) is -4.05. The van der Waals surface area contributed by atoms with Gasteiger partial charge in [0, 0.05) is 12.1 Å². The highest BCUT2D eigenvalue weighted by Gasteiger charge is 2.16. The van der Waals surface area contributed by atoms with Crippen molar-refractivity contribution in [3.8, 4) is 5.75 Å². The van der Waals surface area contributed by atoms with Crippen LogP contribution in [0, 0.1) is 17.0 Å². The van der Waals surface area contributed by atoms with Crippen molar-refractivity contribution in [2.45, 2.75) is 18.4 Å². The van der Waals surface area contributed by atoms with E-state index in [1.807, 2.05) is 36.0 Å². The minimum atomic E-state index is -4.05. The van der Waals surface area contributed by atoms with Gasteiger partial charge in [-0.2, -0.15) is 18.4 Å². The normalized spacial score (nSPS) is 11.5. The van der Waals surface area contributed by atoms with E-state index in [2.05, 4.69) is 5.10 Å². The number of hydrogen-bond donors (Lipinski definition) is 1. The molecule has 0 unspecified atom stereocenters. The maximum Gasteiger partial charge on any atom is 0.276 e. The Morgan fingerprint density at radius 2 is 1.97 bits per heavy atom. The molecule has 0 aliphatic rings. The fourth-order valence-corrected chi connectivity index (χ4v) is 3.22. The third kappa shape index (κ3) is 5.20. The Kier molecular flexibility index (Phi) is 5.93. The lowest BCUT2D eigenvalue weighted by Crippen LogP contribution is -2.18. The van der Waals surface area contributed by atoms with Gasteiger partial charge < -0.3 is 9.15 Å². The van der Waals surface area contributed by atoms with E-state index >= 15 is 0 Å². The fourth-order valence-electron chi connectivity index (χ4n) is 2.39. The molecule has 0 spiro atoms. The van der Waals surface area contributed by atoms with Crippen molar-refractivity contribution in [3.05, 3.63) is 87.9 Å².